The van der Waals surface area contributed by atoms with E-state index in [1.165, 1.54) is 18.3 Å². The molecule has 1 aromatic heterocycles. The third-order valence-corrected chi connectivity index (χ3v) is 3.05. The summed E-state index contributed by atoms with van der Waals surface area (Å²) in [6.07, 6.45) is 0.246. The summed E-state index contributed by atoms with van der Waals surface area (Å²) in [5.74, 6) is 0.0483. The maximum absolute atomic E-state index is 11.2. The second-order valence-electron chi connectivity index (χ2n) is 2.98. The Hall–Kier alpha value is -0.940. The monoisotopic (exact) mass is 246 g/mol. The average molecular weight is 247 g/mol. The molecule has 6 heteroatoms. The number of thiazole rings is 1. The van der Waals surface area contributed by atoms with Crippen LogP contribution in [-0.2, 0) is 4.79 Å². The second kappa shape index (κ2) is 5.23. The minimum Gasteiger partial charge on any atom is -0.302 e. The van der Waals surface area contributed by atoms with Gasteiger partial charge in [0.05, 0.1) is 10.6 Å². The molecule has 0 spiro atoms. The van der Waals surface area contributed by atoms with Crippen LogP contribution in [0.1, 0.15) is 28.7 Å². The lowest BCUT2D eigenvalue weighted by atomic mass is 10.3. The van der Waals surface area contributed by atoms with Crippen molar-refractivity contribution in [2.75, 3.05) is 11.2 Å². The van der Waals surface area contributed by atoms with Crippen LogP contribution in [-0.4, -0.2) is 22.6 Å². The van der Waals surface area contributed by atoms with Gasteiger partial charge in [0.25, 0.3) is 0 Å². The first-order chi connectivity index (χ1) is 7.04. The Morgan fingerprint density at radius 1 is 1.53 bits per heavy atom. The Morgan fingerprint density at radius 3 is 2.67 bits per heavy atom. The Kier molecular flexibility index (Phi) is 4.23. The van der Waals surface area contributed by atoms with Gasteiger partial charge in [-0.1, -0.05) is 11.3 Å². The summed E-state index contributed by atoms with van der Waals surface area (Å²) >= 11 is 6.60. The van der Waals surface area contributed by atoms with Crippen molar-refractivity contribution >= 4 is 39.8 Å². The van der Waals surface area contributed by atoms with E-state index >= 15 is 0 Å². The van der Waals surface area contributed by atoms with E-state index in [1.54, 1.807) is 6.92 Å². The first-order valence-corrected chi connectivity index (χ1v) is 5.74. The summed E-state index contributed by atoms with van der Waals surface area (Å²) in [7, 11) is 0. The topological polar surface area (TPSA) is 59.1 Å². The van der Waals surface area contributed by atoms with E-state index in [4.69, 9.17) is 11.6 Å². The van der Waals surface area contributed by atoms with E-state index in [9.17, 15) is 9.59 Å². The molecule has 0 aliphatic rings. The summed E-state index contributed by atoms with van der Waals surface area (Å²) in [6, 6.07) is 0. The fraction of sp³-hybridized carbons (Fsp3) is 0.444. The Balaban J connectivity index is 2.75. The zero-order chi connectivity index (χ0) is 11.4. The number of ketones is 1. The zero-order valence-electron chi connectivity index (χ0n) is 8.46. The molecule has 1 aromatic rings. The van der Waals surface area contributed by atoms with Crippen LogP contribution in [0.15, 0.2) is 0 Å². The lowest BCUT2D eigenvalue weighted by Crippen LogP contribution is -2.11. The van der Waals surface area contributed by atoms with Gasteiger partial charge in [-0.05, 0) is 6.92 Å². The first-order valence-electron chi connectivity index (χ1n) is 4.38. The fourth-order valence-electron chi connectivity index (χ4n) is 1.04. The van der Waals surface area contributed by atoms with E-state index in [2.05, 4.69) is 10.3 Å². The number of aryl methyl sites for hydroxylation is 1. The van der Waals surface area contributed by atoms with Crippen LogP contribution < -0.4 is 5.32 Å². The van der Waals surface area contributed by atoms with Crippen molar-refractivity contribution in [3.05, 3.63) is 10.6 Å². The number of hydrogen-bond donors (Lipinski definition) is 1. The Labute approximate surface area is 96.7 Å². The molecule has 0 unspecified atom stereocenters. The third-order valence-electron chi connectivity index (χ3n) is 1.68. The summed E-state index contributed by atoms with van der Waals surface area (Å²) in [5.41, 5.74) is 0.647. The van der Waals surface area contributed by atoms with Gasteiger partial charge in [0.2, 0.25) is 5.91 Å². The number of aromatic nitrogens is 1. The second-order valence-corrected chi connectivity index (χ2v) is 4.35. The maximum atomic E-state index is 11.2. The van der Waals surface area contributed by atoms with Crippen molar-refractivity contribution < 1.29 is 9.59 Å². The summed E-state index contributed by atoms with van der Waals surface area (Å²) in [5, 5.41) is 3.04. The van der Waals surface area contributed by atoms with Crippen molar-refractivity contribution in [1.82, 2.24) is 4.98 Å². The predicted molar refractivity (Wildman–Crippen MR) is 60.8 cm³/mol. The van der Waals surface area contributed by atoms with E-state index in [-0.39, 0.29) is 24.0 Å². The van der Waals surface area contributed by atoms with Gasteiger partial charge in [-0.2, -0.15) is 0 Å². The summed E-state index contributed by atoms with van der Waals surface area (Å²) in [4.78, 5) is 27.0. The molecule has 0 aromatic carbocycles. The van der Waals surface area contributed by atoms with Gasteiger partial charge in [-0.25, -0.2) is 4.98 Å². The number of anilines is 1. The predicted octanol–water partition coefficient (Wildman–Crippen LogP) is 2.22. The molecular formula is C9H11ClN2O2S. The van der Waals surface area contributed by atoms with Crippen LogP contribution >= 0.6 is 22.9 Å². The SMILES string of the molecule is CC(=O)c1sc(NC(=O)CCCl)nc1C. The van der Waals surface area contributed by atoms with Gasteiger partial charge >= 0.3 is 0 Å². The van der Waals surface area contributed by atoms with Gasteiger partial charge in [-0.15, -0.1) is 11.6 Å². The van der Waals surface area contributed by atoms with Crippen molar-refractivity contribution in [1.29, 1.82) is 0 Å². The number of Topliss-reactive ketones (excluding diaryl/α,β-unsaturated/α-hetero) is 1. The molecule has 1 heterocycles. The van der Waals surface area contributed by atoms with Crippen molar-refractivity contribution in [2.45, 2.75) is 20.3 Å². The highest BCUT2D eigenvalue weighted by atomic mass is 35.5. The van der Waals surface area contributed by atoms with Gasteiger partial charge in [0.1, 0.15) is 0 Å². The quantitative estimate of drug-likeness (QED) is 0.655. The normalized spacial score (nSPS) is 10.1. The number of carbonyl (C=O) groups excluding carboxylic acids is 2. The molecule has 0 bridgehead atoms. The molecule has 0 fully saturated rings. The number of alkyl halides is 1. The van der Waals surface area contributed by atoms with E-state index in [1.807, 2.05) is 0 Å². The van der Waals surface area contributed by atoms with Crippen LogP contribution in [0.2, 0.25) is 0 Å². The van der Waals surface area contributed by atoms with Crippen LogP contribution in [0.5, 0.6) is 0 Å². The molecule has 0 atom stereocenters. The summed E-state index contributed by atoms with van der Waals surface area (Å²) in [6.45, 7) is 3.22. The molecule has 1 rings (SSSR count). The minimum absolute atomic E-state index is 0.0390. The molecule has 4 nitrogen and oxygen atoms in total. The zero-order valence-corrected chi connectivity index (χ0v) is 10.0. The first kappa shape index (κ1) is 12.1. The smallest absolute Gasteiger partial charge is 0.227 e. The largest absolute Gasteiger partial charge is 0.302 e. The highest BCUT2D eigenvalue weighted by Gasteiger charge is 2.12. The lowest BCUT2D eigenvalue weighted by molar-refractivity contribution is -0.115. The Bertz CT molecular complexity index is 389. The number of hydrogen-bond acceptors (Lipinski definition) is 4. The summed E-state index contributed by atoms with van der Waals surface area (Å²) < 4.78 is 0. The van der Waals surface area contributed by atoms with Gasteiger partial charge in [0.15, 0.2) is 10.9 Å². The van der Waals surface area contributed by atoms with Gasteiger partial charge in [-0.3, -0.25) is 9.59 Å². The number of nitrogens with one attached hydrogen (secondary N) is 1. The fourth-order valence-corrected chi connectivity index (χ4v) is 2.09. The number of amides is 1. The van der Waals surface area contributed by atoms with E-state index in [0.717, 1.165) is 0 Å². The van der Waals surface area contributed by atoms with Crippen LogP contribution in [0.25, 0.3) is 0 Å². The standard InChI is InChI=1S/C9H11ClN2O2S/c1-5-8(6(2)13)15-9(11-5)12-7(14)3-4-10/h3-4H2,1-2H3,(H,11,12,14). The molecule has 82 valence electrons. The molecule has 0 saturated heterocycles. The average Bonchev–Trinajstić information content (AvgIpc) is 2.47. The maximum Gasteiger partial charge on any atom is 0.227 e. The third kappa shape index (κ3) is 3.28. The highest BCUT2D eigenvalue weighted by Crippen LogP contribution is 2.22. The van der Waals surface area contributed by atoms with Gasteiger partial charge < -0.3 is 5.32 Å². The van der Waals surface area contributed by atoms with Crippen LogP contribution in [0, 0.1) is 6.92 Å². The van der Waals surface area contributed by atoms with Crippen molar-refractivity contribution in [3.8, 4) is 0 Å². The van der Waals surface area contributed by atoms with E-state index < -0.39 is 0 Å². The molecule has 0 aliphatic heterocycles. The Morgan fingerprint density at radius 2 is 2.20 bits per heavy atom. The van der Waals surface area contributed by atoms with Gasteiger partial charge in [0, 0.05) is 19.2 Å². The molecule has 1 amide bonds. The molecule has 0 aliphatic carbocycles. The number of halogens is 1. The number of rotatable bonds is 4. The number of nitrogens with zero attached hydrogens (tertiary/aromatic N) is 1. The van der Waals surface area contributed by atoms with Crippen molar-refractivity contribution in [3.63, 3.8) is 0 Å². The molecule has 1 N–H and O–H groups in total. The molecule has 0 saturated carbocycles. The molecule has 0 radical (unpaired) electrons. The van der Waals surface area contributed by atoms with Crippen molar-refractivity contribution in [2.24, 2.45) is 0 Å². The number of carbonyl (C=O) groups is 2. The van der Waals surface area contributed by atoms with Crippen LogP contribution in [0.4, 0.5) is 5.13 Å². The molecular weight excluding hydrogens is 236 g/mol. The van der Waals surface area contributed by atoms with Crippen LogP contribution in [0.3, 0.4) is 0 Å². The molecule has 15 heavy (non-hydrogen) atoms. The highest BCUT2D eigenvalue weighted by molar-refractivity contribution is 7.17. The van der Waals surface area contributed by atoms with E-state index in [0.29, 0.717) is 15.7 Å². The minimum atomic E-state index is -0.186. The lowest BCUT2D eigenvalue weighted by Gasteiger charge is -1.97.